The average molecular weight is 516 g/mol. The Balaban J connectivity index is 0.000000404. The largest absolute Gasteiger partial charge is 0.466 e. The van der Waals surface area contributed by atoms with E-state index in [4.69, 9.17) is 21.5 Å². The smallest absolute Gasteiger partial charge is 0.377 e. The Hall–Kier alpha value is -4.58. The summed E-state index contributed by atoms with van der Waals surface area (Å²) in [4.78, 5) is 47.3. The summed E-state index contributed by atoms with van der Waals surface area (Å²) >= 11 is 2.02. The molecule has 2 rings (SSSR count). The number of ether oxygens (including phenoxy) is 2. The Morgan fingerprint density at radius 1 is 1.00 bits per heavy atom. The highest BCUT2D eigenvalue weighted by molar-refractivity contribution is 7.13. The van der Waals surface area contributed by atoms with Crippen LogP contribution in [0, 0.1) is 20.2 Å². The Kier molecular flexibility index (Phi) is 10.6. The number of nitrogens with zero attached hydrogens (tertiary/aromatic N) is 4. The van der Waals surface area contributed by atoms with Crippen molar-refractivity contribution in [2.45, 2.75) is 0 Å². The molecule has 0 aromatic carbocycles. The molecule has 0 bridgehead atoms. The third-order valence-corrected chi connectivity index (χ3v) is 5.19. The third-order valence-electron chi connectivity index (χ3n) is 3.33. The first-order valence-electron chi connectivity index (χ1n) is 8.37. The quantitative estimate of drug-likeness (QED) is 0.0656. The Morgan fingerprint density at radius 2 is 1.50 bits per heavy atom. The molecule has 18 heteroatoms. The van der Waals surface area contributed by atoms with Crippen LogP contribution >= 0.6 is 22.7 Å². The lowest BCUT2D eigenvalue weighted by Gasteiger charge is -2.03. The highest BCUT2D eigenvalue weighted by Crippen LogP contribution is 2.24. The molecular weight excluding hydrogens is 500 g/mol. The van der Waals surface area contributed by atoms with Crippen LogP contribution in [0.5, 0.6) is 0 Å². The van der Waals surface area contributed by atoms with Gasteiger partial charge in [-0.25, -0.2) is 9.59 Å². The molecular formula is C16H16N6O10S2. The highest BCUT2D eigenvalue weighted by atomic mass is 32.1. The first kappa shape index (κ1) is 27.5. The molecule has 0 atom stereocenters. The van der Waals surface area contributed by atoms with E-state index in [9.17, 15) is 29.8 Å². The van der Waals surface area contributed by atoms with Gasteiger partial charge in [0.05, 0.1) is 30.1 Å². The van der Waals surface area contributed by atoms with Gasteiger partial charge in [-0.2, -0.15) is 0 Å². The van der Waals surface area contributed by atoms with E-state index in [-0.39, 0.29) is 32.8 Å². The Morgan fingerprint density at radius 3 is 1.91 bits per heavy atom. The maximum absolute atomic E-state index is 11.4. The van der Waals surface area contributed by atoms with Crippen molar-refractivity contribution in [2.75, 3.05) is 14.2 Å². The second-order valence-electron chi connectivity index (χ2n) is 5.36. The predicted octanol–water partition coefficient (Wildman–Crippen LogP) is 1.27. The SMILES string of the molecule is COC(=O)C=C(O/N=C(\N)c1sccc1[N+](=O)[O-])C(=O)OC.N/C(=N\O)c1sccc1[N+](=O)[O-]. The second kappa shape index (κ2) is 13.1. The molecule has 0 aliphatic heterocycles. The molecule has 2 aromatic rings. The summed E-state index contributed by atoms with van der Waals surface area (Å²) in [6.07, 6.45) is 0.700. The zero-order valence-corrected chi connectivity index (χ0v) is 18.9. The number of hydrogen-bond acceptors (Lipinski definition) is 14. The maximum Gasteiger partial charge on any atom is 0.377 e. The van der Waals surface area contributed by atoms with E-state index in [1.165, 1.54) is 22.9 Å². The van der Waals surface area contributed by atoms with Gasteiger partial charge in [-0.05, 0) is 10.8 Å². The number of carbonyl (C=O) groups is 2. The van der Waals surface area contributed by atoms with Crippen molar-refractivity contribution >= 4 is 57.7 Å². The Labute approximate surface area is 197 Å². The fourth-order valence-corrected chi connectivity index (χ4v) is 3.36. The van der Waals surface area contributed by atoms with E-state index in [0.717, 1.165) is 36.9 Å². The van der Waals surface area contributed by atoms with Crippen LogP contribution in [0.2, 0.25) is 0 Å². The van der Waals surface area contributed by atoms with Gasteiger partial charge in [-0.15, -0.1) is 22.7 Å². The van der Waals surface area contributed by atoms with Gasteiger partial charge in [0.15, 0.2) is 21.4 Å². The summed E-state index contributed by atoms with van der Waals surface area (Å²) in [6, 6.07) is 2.55. The van der Waals surface area contributed by atoms with Crippen LogP contribution in [0.25, 0.3) is 0 Å². The molecule has 182 valence electrons. The molecule has 0 saturated carbocycles. The van der Waals surface area contributed by atoms with E-state index in [2.05, 4.69) is 19.8 Å². The van der Waals surface area contributed by atoms with Crippen LogP contribution in [0.4, 0.5) is 11.4 Å². The van der Waals surface area contributed by atoms with Crippen LogP contribution in [-0.2, 0) is 23.9 Å². The van der Waals surface area contributed by atoms with Crippen molar-refractivity contribution in [1.82, 2.24) is 0 Å². The van der Waals surface area contributed by atoms with E-state index in [1.807, 2.05) is 0 Å². The van der Waals surface area contributed by atoms with Crippen LogP contribution in [-0.4, -0.2) is 52.9 Å². The van der Waals surface area contributed by atoms with Crippen LogP contribution in [0.1, 0.15) is 9.75 Å². The summed E-state index contributed by atoms with van der Waals surface area (Å²) in [7, 11) is 2.16. The minimum absolute atomic E-state index is 0.0484. The van der Waals surface area contributed by atoms with Gasteiger partial charge in [0.25, 0.3) is 11.4 Å². The number of nitro groups is 2. The maximum atomic E-state index is 11.4. The molecule has 5 N–H and O–H groups in total. The van der Waals surface area contributed by atoms with Crippen molar-refractivity contribution in [3.8, 4) is 0 Å². The summed E-state index contributed by atoms with van der Waals surface area (Å²) in [5.41, 5.74) is 10.3. The van der Waals surface area contributed by atoms with Gasteiger partial charge in [0.1, 0.15) is 0 Å². The highest BCUT2D eigenvalue weighted by Gasteiger charge is 2.20. The normalized spacial score (nSPS) is 11.6. The fraction of sp³-hybridized carbons (Fsp3) is 0.125. The average Bonchev–Trinajstić information content (AvgIpc) is 3.50. The van der Waals surface area contributed by atoms with Gasteiger partial charge in [0.2, 0.25) is 5.76 Å². The minimum Gasteiger partial charge on any atom is -0.466 e. The van der Waals surface area contributed by atoms with Gasteiger partial charge in [-0.3, -0.25) is 20.2 Å². The molecule has 2 aromatic heterocycles. The van der Waals surface area contributed by atoms with Gasteiger partial charge >= 0.3 is 11.9 Å². The van der Waals surface area contributed by atoms with Crippen molar-refractivity contribution in [1.29, 1.82) is 0 Å². The number of esters is 2. The molecule has 0 radical (unpaired) electrons. The molecule has 2 heterocycles. The summed E-state index contributed by atoms with van der Waals surface area (Å²) in [5, 5.41) is 38.4. The second-order valence-corrected chi connectivity index (χ2v) is 7.19. The van der Waals surface area contributed by atoms with Crippen molar-refractivity contribution in [3.63, 3.8) is 0 Å². The first-order valence-corrected chi connectivity index (χ1v) is 10.1. The molecule has 0 saturated heterocycles. The number of rotatable bonds is 8. The number of carbonyl (C=O) groups excluding carboxylic acids is 2. The van der Waals surface area contributed by atoms with Crippen LogP contribution in [0.15, 0.2) is 45.0 Å². The monoisotopic (exact) mass is 516 g/mol. The lowest BCUT2D eigenvalue weighted by atomic mass is 10.4. The number of thiophene rings is 2. The minimum atomic E-state index is -0.998. The molecule has 16 nitrogen and oxygen atoms in total. The van der Waals surface area contributed by atoms with Crippen LogP contribution < -0.4 is 11.5 Å². The molecule has 0 spiro atoms. The third kappa shape index (κ3) is 7.53. The van der Waals surface area contributed by atoms with E-state index < -0.39 is 27.5 Å². The lowest BCUT2D eigenvalue weighted by Crippen LogP contribution is -2.16. The first-order chi connectivity index (χ1) is 16.1. The number of hydrogen-bond donors (Lipinski definition) is 3. The molecule has 0 aliphatic carbocycles. The molecule has 0 aliphatic rings. The number of amidine groups is 2. The van der Waals surface area contributed by atoms with Crippen molar-refractivity contribution in [2.24, 2.45) is 21.8 Å². The fourth-order valence-electron chi connectivity index (χ4n) is 1.85. The summed E-state index contributed by atoms with van der Waals surface area (Å²) in [5.74, 6) is -3.03. The number of oxime groups is 2. The van der Waals surface area contributed by atoms with Gasteiger partial charge in [0, 0.05) is 12.1 Å². The Bertz CT molecular complexity index is 1150. The zero-order valence-electron chi connectivity index (χ0n) is 17.3. The van der Waals surface area contributed by atoms with Gasteiger partial charge < -0.3 is 31.0 Å². The zero-order chi connectivity index (χ0) is 25.8. The molecule has 0 unspecified atom stereocenters. The van der Waals surface area contributed by atoms with E-state index in [1.54, 1.807) is 0 Å². The van der Waals surface area contributed by atoms with Crippen molar-refractivity contribution in [3.05, 3.63) is 64.7 Å². The predicted molar refractivity (Wildman–Crippen MR) is 118 cm³/mol. The lowest BCUT2D eigenvalue weighted by molar-refractivity contribution is -0.384. The summed E-state index contributed by atoms with van der Waals surface area (Å²) < 4.78 is 8.72. The number of nitrogens with two attached hydrogens (primary N) is 2. The summed E-state index contributed by atoms with van der Waals surface area (Å²) in [6.45, 7) is 0. The van der Waals surface area contributed by atoms with Gasteiger partial charge in [-0.1, -0.05) is 10.3 Å². The number of methoxy groups -OCH3 is 2. The standard InChI is InChI=1S/C11H11N3O7S.C5H5N3O3S/c1-19-8(15)5-7(11(16)20-2)21-13-10(12)9-6(14(17)18)3-4-22-9;6-5(7-9)4-3(8(10)11)1-2-12-4/h3-5H,1-2H3,(H2,12,13);1-2,9H,(H2,6,7). The van der Waals surface area contributed by atoms with E-state index >= 15 is 0 Å². The topological polar surface area (TPSA) is 245 Å². The van der Waals surface area contributed by atoms with Crippen molar-refractivity contribution < 1.29 is 39.0 Å². The molecule has 0 fully saturated rings. The molecule has 34 heavy (non-hydrogen) atoms. The molecule has 0 amide bonds. The van der Waals surface area contributed by atoms with E-state index in [0.29, 0.717) is 6.08 Å². The van der Waals surface area contributed by atoms with Crippen LogP contribution in [0.3, 0.4) is 0 Å².